The van der Waals surface area contributed by atoms with Gasteiger partial charge in [0.25, 0.3) is 0 Å². The van der Waals surface area contributed by atoms with Gasteiger partial charge in [-0.2, -0.15) is 0 Å². The van der Waals surface area contributed by atoms with E-state index in [2.05, 4.69) is 18.1 Å². The molecule has 2 fully saturated rings. The van der Waals surface area contributed by atoms with Crippen molar-refractivity contribution in [2.24, 2.45) is 17.3 Å². The van der Waals surface area contributed by atoms with E-state index in [0.29, 0.717) is 42.6 Å². The number of carbonyl (C=O) groups excluding carboxylic acids is 3. The molecule has 1 spiro atoms. The molecule has 44 heavy (non-hydrogen) atoms. The molecule has 3 heterocycles. The van der Waals surface area contributed by atoms with Crippen molar-refractivity contribution in [2.75, 3.05) is 13.2 Å². The number of hydrogen-bond donors (Lipinski definition) is 0. The monoisotopic (exact) mass is 604 g/mol. The maximum absolute atomic E-state index is 14.6. The van der Waals surface area contributed by atoms with Crippen LogP contribution in [0.25, 0.3) is 10.9 Å². The van der Waals surface area contributed by atoms with Crippen LogP contribution in [-0.2, 0) is 25.5 Å². The van der Waals surface area contributed by atoms with Gasteiger partial charge < -0.3 is 14.4 Å². The summed E-state index contributed by atoms with van der Waals surface area (Å²) in [5.74, 6) is -0.715. The molecule has 0 N–H and O–H groups in total. The third kappa shape index (κ3) is 5.92. The highest BCUT2D eigenvalue weighted by atomic mass is 19.1. The van der Waals surface area contributed by atoms with Gasteiger partial charge in [0.05, 0.1) is 30.3 Å². The number of aromatic nitrogens is 1. The first-order valence-electron chi connectivity index (χ1n) is 16.1. The molecule has 1 aliphatic carbocycles. The van der Waals surface area contributed by atoms with E-state index in [-0.39, 0.29) is 54.9 Å². The van der Waals surface area contributed by atoms with E-state index in [4.69, 9.17) is 9.47 Å². The number of para-hydroxylation sites is 1. The van der Waals surface area contributed by atoms with Crippen LogP contribution in [-0.4, -0.2) is 52.3 Å². The largest absolute Gasteiger partial charge is 0.483 e. The van der Waals surface area contributed by atoms with Crippen molar-refractivity contribution in [3.63, 3.8) is 0 Å². The van der Waals surface area contributed by atoms with E-state index in [1.165, 1.54) is 6.07 Å². The number of benzene rings is 1. The number of allylic oxidation sites excluding steroid dienone is 2. The van der Waals surface area contributed by atoms with E-state index in [1.54, 1.807) is 24.0 Å². The van der Waals surface area contributed by atoms with E-state index >= 15 is 0 Å². The number of Topliss-reactive ketones (excluding diaryl/α,β-unsaturated/α-hetero) is 1. The molecular formula is C36H45FN2O5. The molecule has 1 saturated heterocycles. The lowest BCUT2D eigenvalue weighted by molar-refractivity contribution is -0.152. The summed E-state index contributed by atoms with van der Waals surface area (Å²) in [5, 5.41) is 0.727. The Kier molecular flexibility index (Phi) is 9.28. The highest BCUT2D eigenvalue weighted by Crippen LogP contribution is 2.57. The summed E-state index contributed by atoms with van der Waals surface area (Å²) in [6.45, 7) is 13.7. The summed E-state index contributed by atoms with van der Waals surface area (Å²) in [4.78, 5) is 47.4. The summed E-state index contributed by atoms with van der Waals surface area (Å²) in [6.07, 6.45) is 10.4. The predicted molar refractivity (Wildman–Crippen MR) is 168 cm³/mol. The Bertz CT molecular complexity index is 1470. The molecule has 236 valence electrons. The molecule has 5 atom stereocenters. The quantitative estimate of drug-likeness (QED) is 0.142. The van der Waals surface area contributed by atoms with Crippen LogP contribution in [0.1, 0.15) is 82.9 Å². The lowest BCUT2D eigenvalue weighted by atomic mass is 9.85. The smallest absolute Gasteiger partial charge is 0.313 e. The van der Waals surface area contributed by atoms with Crippen LogP contribution in [0.15, 0.2) is 43.5 Å². The Hall–Kier alpha value is -3.55. The van der Waals surface area contributed by atoms with Gasteiger partial charge in [-0.25, -0.2) is 9.37 Å². The minimum absolute atomic E-state index is 0.00403. The summed E-state index contributed by atoms with van der Waals surface area (Å²) in [6, 6.07) is 4.23. The van der Waals surface area contributed by atoms with Crippen molar-refractivity contribution in [1.29, 1.82) is 0 Å². The Morgan fingerprint density at radius 3 is 2.73 bits per heavy atom. The Morgan fingerprint density at radius 1 is 1.23 bits per heavy atom. The Morgan fingerprint density at radius 2 is 2.02 bits per heavy atom. The van der Waals surface area contributed by atoms with Gasteiger partial charge in [0.15, 0.2) is 5.78 Å². The average Bonchev–Trinajstić information content (AvgIpc) is 3.61. The van der Waals surface area contributed by atoms with Gasteiger partial charge in [-0.15, -0.1) is 13.2 Å². The first-order valence-corrected chi connectivity index (χ1v) is 16.1. The number of carbonyl (C=O) groups is 3. The number of ketones is 1. The van der Waals surface area contributed by atoms with Crippen molar-refractivity contribution >= 4 is 28.6 Å². The highest BCUT2D eigenvalue weighted by Gasteiger charge is 2.62. The van der Waals surface area contributed by atoms with Crippen LogP contribution in [0.2, 0.25) is 0 Å². The van der Waals surface area contributed by atoms with Gasteiger partial charge in [0.1, 0.15) is 22.7 Å². The molecule has 0 unspecified atom stereocenters. The predicted octanol–water partition coefficient (Wildman–Crippen LogP) is 6.83. The fourth-order valence-electron chi connectivity index (χ4n) is 7.34. The summed E-state index contributed by atoms with van der Waals surface area (Å²) in [5.41, 5.74) is 0.126. The highest BCUT2D eigenvalue weighted by molar-refractivity contribution is 5.95. The number of amides is 1. The van der Waals surface area contributed by atoms with E-state index < -0.39 is 17.1 Å². The van der Waals surface area contributed by atoms with Crippen LogP contribution < -0.4 is 4.74 Å². The summed E-state index contributed by atoms with van der Waals surface area (Å²) in [7, 11) is 0. The summed E-state index contributed by atoms with van der Waals surface area (Å²) < 4.78 is 26.7. The van der Waals surface area contributed by atoms with Gasteiger partial charge in [-0.05, 0) is 64.4 Å². The number of aryl methyl sites for hydroxylation is 2. The maximum Gasteiger partial charge on any atom is 0.313 e. The van der Waals surface area contributed by atoms with Crippen molar-refractivity contribution in [2.45, 2.75) is 96.6 Å². The molecule has 0 bridgehead atoms. The van der Waals surface area contributed by atoms with Crippen molar-refractivity contribution < 1.29 is 28.2 Å². The lowest BCUT2D eigenvalue weighted by Gasteiger charge is -2.36. The molecule has 2 aromatic rings. The zero-order valence-corrected chi connectivity index (χ0v) is 26.3. The second-order valence-corrected chi connectivity index (χ2v) is 13.0. The minimum Gasteiger partial charge on any atom is -0.483 e. The van der Waals surface area contributed by atoms with Gasteiger partial charge in [-0.3, -0.25) is 14.4 Å². The number of rotatable bonds is 13. The average molecular weight is 605 g/mol. The number of hydrogen-bond acceptors (Lipinski definition) is 6. The molecule has 8 heteroatoms. The van der Waals surface area contributed by atoms with Crippen LogP contribution >= 0.6 is 0 Å². The minimum atomic E-state index is -0.917. The SMILES string of the molecule is C=CCCCCC[C@H](C)C(=O)N1C[C@@]2(CCc3c(c(C)nc4c(F)cccc34)O2)C[C@H]1C(=O)C[C@]1(C(=O)OCC)C[C@H]1C=C. The van der Waals surface area contributed by atoms with E-state index in [1.807, 2.05) is 26.0 Å². The standard InChI is InChI=1S/C36H45FN2O5/c1-6-9-10-11-12-14-23(4)33(41)39-22-35(20-29(39)30(40)21-36(19-25(36)7-2)34(42)43-8-3)18-17-27-26-15-13-16-28(37)31(26)38-24(5)32(27)44-35/h6-7,13,15-16,23,25,29H,1-2,8-12,14,17-22H2,3-5H3/t23-,25+,29-,35+,36+/m0/s1. The van der Waals surface area contributed by atoms with Crippen molar-refractivity contribution in [3.05, 3.63) is 60.6 Å². The van der Waals surface area contributed by atoms with Crippen LogP contribution in [0, 0.1) is 30.0 Å². The topological polar surface area (TPSA) is 85.8 Å². The van der Waals surface area contributed by atoms with Crippen LogP contribution in [0.4, 0.5) is 4.39 Å². The molecule has 1 amide bonds. The molecule has 2 aliphatic heterocycles. The summed E-state index contributed by atoms with van der Waals surface area (Å²) >= 11 is 0. The number of fused-ring (bicyclic) bond motifs is 3. The zero-order chi connectivity index (χ0) is 31.6. The molecule has 7 nitrogen and oxygen atoms in total. The molecule has 1 aromatic carbocycles. The third-order valence-electron chi connectivity index (χ3n) is 9.96. The Balaban J connectivity index is 1.42. The number of ether oxygens (including phenoxy) is 2. The first-order chi connectivity index (χ1) is 21.1. The molecular weight excluding hydrogens is 559 g/mol. The third-order valence-corrected chi connectivity index (χ3v) is 9.96. The fraction of sp³-hybridized carbons (Fsp3) is 0.556. The number of likely N-dealkylation sites (tertiary alicyclic amines) is 1. The zero-order valence-electron chi connectivity index (χ0n) is 26.3. The molecule has 0 radical (unpaired) electrons. The normalized spacial score (nSPS) is 26.1. The maximum atomic E-state index is 14.6. The molecule has 5 rings (SSSR count). The number of unbranched alkanes of at least 4 members (excludes halogenated alkanes) is 3. The second-order valence-electron chi connectivity index (χ2n) is 13.0. The first kappa shape index (κ1) is 31.9. The van der Waals surface area contributed by atoms with Gasteiger partial charge in [0.2, 0.25) is 5.91 Å². The van der Waals surface area contributed by atoms with Gasteiger partial charge in [-0.1, -0.05) is 44.1 Å². The lowest BCUT2D eigenvalue weighted by Crippen LogP contribution is -2.46. The molecule has 3 aliphatic rings. The molecule has 1 saturated carbocycles. The van der Waals surface area contributed by atoms with E-state index in [9.17, 15) is 18.8 Å². The fourth-order valence-corrected chi connectivity index (χ4v) is 7.34. The number of esters is 1. The number of pyridine rings is 1. The van der Waals surface area contributed by atoms with Crippen LogP contribution in [0.5, 0.6) is 5.75 Å². The van der Waals surface area contributed by atoms with Crippen LogP contribution in [0.3, 0.4) is 0 Å². The van der Waals surface area contributed by atoms with Crippen molar-refractivity contribution in [3.8, 4) is 5.75 Å². The van der Waals surface area contributed by atoms with Gasteiger partial charge in [0, 0.05) is 29.7 Å². The number of halogens is 1. The van der Waals surface area contributed by atoms with E-state index in [0.717, 1.165) is 43.1 Å². The Labute approximate surface area is 259 Å². The molecule has 1 aromatic heterocycles. The number of nitrogens with zero attached hydrogens (tertiary/aromatic N) is 2. The van der Waals surface area contributed by atoms with Crippen molar-refractivity contribution in [1.82, 2.24) is 9.88 Å². The second kappa shape index (κ2) is 12.8. The van der Waals surface area contributed by atoms with Gasteiger partial charge >= 0.3 is 5.97 Å².